The third kappa shape index (κ3) is 4.70. The van der Waals surface area contributed by atoms with Crippen LogP contribution in [0.15, 0.2) is 170 Å². The van der Waals surface area contributed by atoms with Gasteiger partial charge in [0.2, 0.25) is 0 Å². The van der Waals surface area contributed by atoms with E-state index in [0.29, 0.717) is 0 Å². The summed E-state index contributed by atoms with van der Waals surface area (Å²) in [6.07, 6.45) is 0. The highest BCUT2D eigenvalue weighted by atomic mass is 32.1. The number of benzene rings is 7. The van der Waals surface area contributed by atoms with Crippen molar-refractivity contribution in [2.45, 2.75) is 0 Å². The van der Waals surface area contributed by atoms with E-state index in [4.69, 9.17) is 0 Å². The van der Waals surface area contributed by atoms with E-state index < -0.39 is 0 Å². The lowest BCUT2D eigenvalue weighted by Gasteiger charge is -2.26. The molecule has 0 aliphatic rings. The Kier molecular flexibility index (Phi) is 6.36. The van der Waals surface area contributed by atoms with Gasteiger partial charge in [-0.15, -0.1) is 11.3 Å². The van der Waals surface area contributed by atoms with Crippen molar-refractivity contribution < 1.29 is 0 Å². The molecule has 8 rings (SSSR count). The fourth-order valence-corrected chi connectivity index (χ4v) is 7.09. The Bertz CT molecular complexity index is 2150. The number of nitrogens with zero attached hydrogens (tertiary/aromatic N) is 2. The Morgan fingerprint density at radius 1 is 0.302 bits per heavy atom. The topological polar surface area (TPSA) is 6.48 Å². The van der Waals surface area contributed by atoms with Gasteiger partial charge in [-0.3, -0.25) is 0 Å². The monoisotopic (exact) mass is 568 g/mol. The average molecular weight is 569 g/mol. The molecule has 204 valence electrons. The second kappa shape index (κ2) is 10.8. The van der Waals surface area contributed by atoms with Gasteiger partial charge in [0.15, 0.2) is 0 Å². The Labute approximate surface area is 255 Å². The molecule has 2 nitrogen and oxygen atoms in total. The van der Waals surface area contributed by atoms with Gasteiger partial charge in [0.05, 0.1) is 0 Å². The quantitative estimate of drug-likeness (QED) is 0.197. The summed E-state index contributed by atoms with van der Waals surface area (Å²) in [5.41, 5.74) is 6.87. The Morgan fingerprint density at radius 3 is 1.44 bits per heavy atom. The summed E-state index contributed by atoms with van der Waals surface area (Å²) < 4.78 is 2.56. The molecule has 0 fully saturated rings. The van der Waals surface area contributed by atoms with E-state index in [1.807, 2.05) is 11.3 Å². The number of fused-ring (bicyclic) bond motifs is 4. The summed E-state index contributed by atoms with van der Waals surface area (Å²) in [7, 11) is 0. The molecule has 0 radical (unpaired) electrons. The van der Waals surface area contributed by atoms with Crippen LogP contribution in [0.1, 0.15) is 0 Å². The van der Waals surface area contributed by atoms with Gasteiger partial charge in [-0.05, 0) is 89.6 Å². The third-order valence-electron chi connectivity index (χ3n) is 7.99. The Hall–Kier alpha value is -5.38. The first-order valence-electron chi connectivity index (χ1n) is 14.5. The van der Waals surface area contributed by atoms with Crippen LogP contribution in [0, 0.1) is 0 Å². The number of hydrogen-bond donors (Lipinski definition) is 0. The summed E-state index contributed by atoms with van der Waals surface area (Å²) in [5.74, 6) is 0. The molecule has 0 amide bonds. The highest BCUT2D eigenvalue weighted by Crippen LogP contribution is 2.43. The van der Waals surface area contributed by atoms with Crippen molar-refractivity contribution in [3.8, 4) is 0 Å². The van der Waals surface area contributed by atoms with Crippen LogP contribution < -0.4 is 9.80 Å². The van der Waals surface area contributed by atoms with Crippen molar-refractivity contribution in [3.63, 3.8) is 0 Å². The van der Waals surface area contributed by atoms with Gasteiger partial charge in [-0.1, -0.05) is 91.0 Å². The number of hydrogen-bond acceptors (Lipinski definition) is 3. The van der Waals surface area contributed by atoms with Gasteiger partial charge in [-0.2, -0.15) is 0 Å². The predicted octanol–water partition coefficient (Wildman–Crippen LogP) is 12.1. The minimum atomic E-state index is 1.14. The fraction of sp³-hybridized carbons (Fsp3) is 0. The minimum absolute atomic E-state index is 1.14. The first-order valence-corrected chi connectivity index (χ1v) is 15.3. The van der Waals surface area contributed by atoms with E-state index in [0.717, 1.165) is 34.1 Å². The molecule has 0 saturated carbocycles. The van der Waals surface area contributed by atoms with Crippen LogP contribution in [0.3, 0.4) is 0 Å². The molecule has 0 atom stereocenters. The highest BCUT2D eigenvalue weighted by Gasteiger charge is 2.17. The van der Waals surface area contributed by atoms with Crippen molar-refractivity contribution in [1.29, 1.82) is 0 Å². The number of anilines is 6. The van der Waals surface area contributed by atoms with Crippen LogP contribution >= 0.6 is 11.3 Å². The molecule has 0 saturated heterocycles. The lowest BCUT2D eigenvalue weighted by Crippen LogP contribution is -2.09. The van der Waals surface area contributed by atoms with Gasteiger partial charge in [0.25, 0.3) is 0 Å². The van der Waals surface area contributed by atoms with E-state index in [9.17, 15) is 0 Å². The Morgan fingerprint density at radius 2 is 0.791 bits per heavy atom. The van der Waals surface area contributed by atoms with E-state index in [2.05, 4.69) is 180 Å². The summed E-state index contributed by atoms with van der Waals surface area (Å²) in [6, 6.07) is 60.8. The maximum atomic E-state index is 2.36. The highest BCUT2D eigenvalue weighted by molar-refractivity contribution is 7.25. The first-order chi connectivity index (χ1) is 21.3. The predicted molar refractivity (Wildman–Crippen MR) is 186 cm³/mol. The van der Waals surface area contributed by atoms with Crippen molar-refractivity contribution in [2.75, 3.05) is 9.80 Å². The van der Waals surface area contributed by atoms with Crippen LogP contribution in [-0.2, 0) is 0 Å². The van der Waals surface area contributed by atoms with Crippen LogP contribution in [0.5, 0.6) is 0 Å². The lowest BCUT2D eigenvalue weighted by molar-refractivity contribution is 1.29. The number of rotatable bonds is 6. The van der Waals surface area contributed by atoms with Gasteiger partial charge < -0.3 is 9.80 Å². The van der Waals surface area contributed by atoms with Crippen molar-refractivity contribution in [3.05, 3.63) is 170 Å². The zero-order valence-electron chi connectivity index (χ0n) is 23.5. The van der Waals surface area contributed by atoms with Gasteiger partial charge in [0.1, 0.15) is 0 Å². The summed E-state index contributed by atoms with van der Waals surface area (Å²) >= 11 is 1.85. The molecule has 0 bridgehead atoms. The van der Waals surface area contributed by atoms with Gasteiger partial charge >= 0.3 is 0 Å². The molecular formula is C40H28N2S. The summed E-state index contributed by atoms with van der Waals surface area (Å²) in [6.45, 7) is 0. The average Bonchev–Trinajstić information content (AvgIpc) is 3.44. The largest absolute Gasteiger partial charge is 0.310 e. The molecule has 0 aliphatic carbocycles. The van der Waals surface area contributed by atoms with E-state index in [1.165, 1.54) is 30.9 Å². The maximum absolute atomic E-state index is 2.36. The number of para-hydroxylation sites is 3. The van der Waals surface area contributed by atoms with Crippen LogP contribution in [0.25, 0.3) is 30.9 Å². The molecule has 0 N–H and O–H groups in total. The molecule has 0 unspecified atom stereocenters. The molecule has 8 aromatic rings. The molecular weight excluding hydrogens is 541 g/mol. The fourth-order valence-electron chi connectivity index (χ4n) is 5.97. The standard InChI is InChI=1S/C40H28N2S/c1-4-14-31(15-5-1)41(32-16-6-2-7-17-32)35-23-25-39-38(27-35)37-24-22-36(28-40(37)43-39)42(33-18-8-3-9-19-33)34-21-20-29-12-10-11-13-30(29)26-34/h1-28H. The molecule has 1 heterocycles. The molecule has 0 aliphatic heterocycles. The molecule has 43 heavy (non-hydrogen) atoms. The van der Waals surface area contributed by atoms with E-state index in [-0.39, 0.29) is 0 Å². The maximum Gasteiger partial charge on any atom is 0.0476 e. The molecule has 7 aromatic carbocycles. The Balaban J connectivity index is 1.26. The van der Waals surface area contributed by atoms with Crippen LogP contribution in [0.4, 0.5) is 34.1 Å². The summed E-state index contributed by atoms with van der Waals surface area (Å²) in [5, 5.41) is 5.03. The van der Waals surface area contributed by atoms with Crippen molar-refractivity contribution in [2.24, 2.45) is 0 Å². The van der Waals surface area contributed by atoms with E-state index >= 15 is 0 Å². The van der Waals surface area contributed by atoms with Crippen molar-refractivity contribution in [1.82, 2.24) is 0 Å². The third-order valence-corrected chi connectivity index (χ3v) is 9.12. The molecule has 1 aromatic heterocycles. The van der Waals surface area contributed by atoms with Gasteiger partial charge in [0, 0.05) is 54.3 Å². The van der Waals surface area contributed by atoms with Crippen molar-refractivity contribution >= 4 is 76.4 Å². The van der Waals surface area contributed by atoms with Crippen LogP contribution in [0.2, 0.25) is 0 Å². The molecule has 3 heteroatoms. The second-order valence-electron chi connectivity index (χ2n) is 10.7. The van der Waals surface area contributed by atoms with Crippen LogP contribution in [-0.4, -0.2) is 0 Å². The second-order valence-corrected chi connectivity index (χ2v) is 11.8. The summed E-state index contributed by atoms with van der Waals surface area (Å²) in [4.78, 5) is 4.68. The normalized spacial score (nSPS) is 11.3. The lowest BCUT2D eigenvalue weighted by atomic mass is 10.1. The van der Waals surface area contributed by atoms with Gasteiger partial charge in [-0.25, -0.2) is 0 Å². The minimum Gasteiger partial charge on any atom is -0.310 e. The first kappa shape index (κ1) is 25.3. The zero-order valence-corrected chi connectivity index (χ0v) is 24.3. The molecule has 0 spiro atoms. The van der Waals surface area contributed by atoms with E-state index in [1.54, 1.807) is 0 Å². The number of thiophene rings is 1. The zero-order chi connectivity index (χ0) is 28.6. The smallest absolute Gasteiger partial charge is 0.0476 e. The SMILES string of the molecule is c1ccc(N(c2ccc3ccccc3c2)c2ccc3c(c2)sc2ccc(N(c4ccccc4)c4ccccc4)cc23)cc1.